The molecule has 1 aliphatic rings. The van der Waals surface area contributed by atoms with E-state index in [-0.39, 0.29) is 18.0 Å². The van der Waals surface area contributed by atoms with E-state index in [4.69, 9.17) is 9.47 Å². The van der Waals surface area contributed by atoms with Gasteiger partial charge in [-0.2, -0.15) is 4.31 Å². The van der Waals surface area contributed by atoms with Crippen LogP contribution in [0.3, 0.4) is 0 Å². The van der Waals surface area contributed by atoms with Crippen molar-refractivity contribution in [3.63, 3.8) is 0 Å². The second kappa shape index (κ2) is 6.70. The SMILES string of the molecule is COC(=O)[C@H]1[C@H](CO)C(C)(C)CN1S(=O)(=O)c1ccc(OC)cc1. The molecule has 0 unspecified atom stereocenters. The number of carbonyl (C=O) groups excluding carboxylic acids is 1. The van der Waals surface area contributed by atoms with Gasteiger partial charge >= 0.3 is 5.97 Å². The molecule has 8 heteroatoms. The minimum absolute atomic E-state index is 0.0617. The van der Waals surface area contributed by atoms with E-state index in [2.05, 4.69) is 0 Å². The first-order valence-electron chi connectivity index (χ1n) is 7.53. The highest BCUT2D eigenvalue weighted by atomic mass is 32.2. The van der Waals surface area contributed by atoms with E-state index < -0.39 is 33.4 Å². The van der Waals surface area contributed by atoms with Gasteiger partial charge in [0.05, 0.1) is 19.1 Å². The lowest BCUT2D eigenvalue weighted by Gasteiger charge is -2.26. The first kappa shape index (κ1) is 18.7. The largest absolute Gasteiger partial charge is 0.497 e. The Balaban J connectivity index is 2.48. The van der Waals surface area contributed by atoms with Gasteiger partial charge in [0, 0.05) is 19.1 Å². The summed E-state index contributed by atoms with van der Waals surface area (Å²) in [6.07, 6.45) is 0. The van der Waals surface area contributed by atoms with E-state index in [0.29, 0.717) is 5.75 Å². The Hall–Kier alpha value is -1.64. The molecule has 0 aliphatic carbocycles. The number of sulfonamides is 1. The Morgan fingerprint density at radius 1 is 1.29 bits per heavy atom. The Kier molecular flexibility index (Phi) is 5.22. The van der Waals surface area contributed by atoms with Gasteiger partial charge in [-0.3, -0.25) is 4.79 Å². The van der Waals surface area contributed by atoms with Crippen LogP contribution in [0.2, 0.25) is 0 Å². The predicted octanol–water partition coefficient (Wildman–Crippen LogP) is 0.876. The van der Waals surface area contributed by atoms with Gasteiger partial charge in [0.2, 0.25) is 10.0 Å². The molecule has 7 nitrogen and oxygen atoms in total. The average molecular weight is 357 g/mol. The summed E-state index contributed by atoms with van der Waals surface area (Å²) in [4.78, 5) is 12.3. The maximum atomic E-state index is 13.0. The molecular formula is C16H23NO6S. The molecule has 1 N–H and O–H groups in total. The van der Waals surface area contributed by atoms with Gasteiger partial charge in [-0.05, 0) is 29.7 Å². The van der Waals surface area contributed by atoms with Gasteiger partial charge in [0.1, 0.15) is 11.8 Å². The Morgan fingerprint density at radius 2 is 1.88 bits per heavy atom. The zero-order valence-electron chi connectivity index (χ0n) is 14.2. The van der Waals surface area contributed by atoms with Crippen LogP contribution >= 0.6 is 0 Å². The maximum Gasteiger partial charge on any atom is 0.324 e. The molecule has 0 spiro atoms. The fourth-order valence-electron chi connectivity index (χ4n) is 3.11. The summed E-state index contributed by atoms with van der Waals surface area (Å²) in [5, 5.41) is 9.69. The number of esters is 1. The molecule has 1 aromatic carbocycles. The number of methoxy groups -OCH3 is 2. The average Bonchev–Trinajstić information content (AvgIpc) is 2.85. The lowest BCUT2D eigenvalue weighted by Crippen LogP contribution is -2.44. The lowest BCUT2D eigenvalue weighted by molar-refractivity contribution is -0.146. The zero-order chi connectivity index (χ0) is 18.1. The Morgan fingerprint density at radius 3 is 2.33 bits per heavy atom. The normalized spacial score (nSPS) is 23.9. The molecule has 0 bridgehead atoms. The molecule has 24 heavy (non-hydrogen) atoms. The van der Waals surface area contributed by atoms with Crippen molar-refractivity contribution >= 4 is 16.0 Å². The van der Waals surface area contributed by atoms with Gasteiger partial charge in [-0.1, -0.05) is 13.8 Å². The number of benzene rings is 1. The van der Waals surface area contributed by atoms with Crippen LogP contribution in [0, 0.1) is 11.3 Å². The quantitative estimate of drug-likeness (QED) is 0.786. The van der Waals surface area contributed by atoms with Crippen LogP contribution in [-0.2, 0) is 19.6 Å². The van der Waals surface area contributed by atoms with Crippen LogP contribution in [0.1, 0.15) is 13.8 Å². The molecule has 1 fully saturated rings. The highest BCUT2D eigenvalue weighted by Crippen LogP contribution is 2.42. The van der Waals surface area contributed by atoms with Crippen molar-refractivity contribution in [3.05, 3.63) is 24.3 Å². The molecular weight excluding hydrogens is 334 g/mol. The monoisotopic (exact) mass is 357 g/mol. The predicted molar refractivity (Wildman–Crippen MR) is 87.0 cm³/mol. The van der Waals surface area contributed by atoms with Gasteiger partial charge in [0.25, 0.3) is 0 Å². The van der Waals surface area contributed by atoms with Crippen LogP contribution in [0.15, 0.2) is 29.2 Å². The molecule has 2 atom stereocenters. The highest BCUT2D eigenvalue weighted by molar-refractivity contribution is 7.89. The first-order valence-corrected chi connectivity index (χ1v) is 8.97. The number of aliphatic hydroxyl groups excluding tert-OH is 1. The smallest absolute Gasteiger partial charge is 0.324 e. The molecule has 0 radical (unpaired) electrons. The summed E-state index contributed by atoms with van der Waals surface area (Å²) < 4.78 is 37.0. The van der Waals surface area contributed by atoms with Gasteiger partial charge in [-0.25, -0.2) is 8.42 Å². The lowest BCUT2D eigenvalue weighted by atomic mass is 9.79. The van der Waals surface area contributed by atoms with E-state index >= 15 is 0 Å². The third-order valence-corrected chi connectivity index (χ3v) is 6.41. The summed E-state index contributed by atoms with van der Waals surface area (Å²) in [6.45, 7) is 3.47. The number of ether oxygens (including phenoxy) is 2. The standard InChI is InChI=1S/C16H23NO6S/c1-16(2)10-17(14(13(16)9-18)15(19)23-4)24(20,21)12-7-5-11(22-3)6-8-12/h5-8,13-14,18H,9-10H2,1-4H3/t13-,14+/m0/s1. The Labute approximate surface area is 142 Å². The summed E-state index contributed by atoms with van der Waals surface area (Å²) in [7, 11) is -1.22. The van der Waals surface area contributed by atoms with E-state index in [1.165, 1.54) is 26.4 Å². The van der Waals surface area contributed by atoms with Gasteiger partial charge in [0.15, 0.2) is 0 Å². The number of hydrogen-bond donors (Lipinski definition) is 1. The summed E-state index contributed by atoms with van der Waals surface area (Å²) in [6, 6.07) is 4.90. The topological polar surface area (TPSA) is 93.1 Å². The second-order valence-electron chi connectivity index (χ2n) is 6.47. The van der Waals surface area contributed by atoms with Crippen molar-refractivity contribution in [2.24, 2.45) is 11.3 Å². The minimum Gasteiger partial charge on any atom is -0.497 e. The van der Waals surface area contributed by atoms with E-state index in [0.717, 1.165) is 4.31 Å². The van der Waals surface area contributed by atoms with Crippen LogP contribution in [-0.4, -0.2) is 57.2 Å². The van der Waals surface area contributed by atoms with Crippen molar-refractivity contribution in [2.75, 3.05) is 27.4 Å². The fraction of sp³-hybridized carbons (Fsp3) is 0.562. The molecule has 2 rings (SSSR count). The van der Waals surface area contributed by atoms with E-state index in [1.54, 1.807) is 12.1 Å². The van der Waals surface area contributed by atoms with Gasteiger partial charge in [-0.15, -0.1) is 0 Å². The summed E-state index contributed by atoms with van der Waals surface area (Å²) in [5.41, 5.74) is -0.562. The third kappa shape index (κ3) is 3.13. The number of aliphatic hydroxyl groups is 1. The Bertz CT molecular complexity index is 698. The van der Waals surface area contributed by atoms with Crippen molar-refractivity contribution in [1.29, 1.82) is 0 Å². The number of carbonyl (C=O) groups is 1. The third-order valence-electron chi connectivity index (χ3n) is 4.56. The van der Waals surface area contributed by atoms with Gasteiger partial charge < -0.3 is 14.6 Å². The molecule has 1 aromatic rings. The fourth-order valence-corrected chi connectivity index (χ4v) is 4.90. The van der Waals surface area contributed by atoms with Crippen LogP contribution in [0.5, 0.6) is 5.75 Å². The number of hydrogen-bond acceptors (Lipinski definition) is 6. The van der Waals surface area contributed by atoms with Crippen molar-refractivity contribution < 1.29 is 27.8 Å². The molecule has 1 heterocycles. The molecule has 0 aromatic heterocycles. The van der Waals surface area contributed by atoms with Crippen molar-refractivity contribution in [2.45, 2.75) is 24.8 Å². The zero-order valence-corrected chi connectivity index (χ0v) is 15.0. The minimum atomic E-state index is -3.92. The highest BCUT2D eigenvalue weighted by Gasteiger charge is 2.54. The first-order chi connectivity index (χ1) is 11.2. The van der Waals surface area contributed by atoms with E-state index in [1.807, 2.05) is 13.8 Å². The van der Waals surface area contributed by atoms with Crippen LogP contribution in [0.4, 0.5) is 0 Å². The summed E-state index contributed by atoms with van der Waals surface area (Å²) >= 11 is 0. The number of rotatable bonds is 5. The molecule has 1 aliphatic heterocycles. The van der Waals surface area contributed by atoms with Crippen LogP contribution < -0.4 is 4.74 Å². The van der Waals surface area contributed by atoms with Crippen molar-refractivity contribution in [1.82, 2.24) is 4.31 Å². The molecule has 0 amide bonds. The van der Waals surface area contributed by atoms with E-state index in [9.17, 15) is 18.3 Å². The molecule has 134 valence electrons. The second-order valence-corrected chi connectivity index (χ2v) is 8.36. The maximum absolute atomic E-state index is 13.0. The molecule has 1 saturated heterocycles. The molecule has 0 saturated carbocycles. The van der Waals surface area contributed by atoms with Crippen molar-refractivity contribution in [3.8, 4) is 5.75 Å². The summed E-state index contributed by atoms with van der Waals surface area (Å²) in [5.74, 6) is -0.678. The number of nitrogens with zero attached hydrogens (tertiary/aromatic N) is 1. The van der Waals surface area contributed by atoms with Crippen LogP contribution in [0.25, 0.3) is 0 Å².